The summed E-state index contributed by atoms with van der Waals surface area (Å²) in [5.41, 5.74) is 2.11. The molecule has 0 spiro atoms. The van der Waals surface area contributed by atoms with Gasteiger partial charge in [-0.05, 0) is 43.0 Å². The van der Waals surface area contributed by atoms with Crippen LogP contribution in [0.15, 0.2) is 59.5 Å². The molecule has 1 atom stereocenters. The second-order valence-electron chi connectivity index (χ2n) is 5.92. The zero-order chi connectivity index (χ0) is 16.3. The van der Waals surface area contributed by atoms with E-state index in [0.717, 1.165) is 24.0 Å². The van der Waals surface area contributed by atoms with E-state index >= 15 is 0 Å². The van der Waals surface area contributed by atoms with E-state index in [1.165, 1.54) is 0 Å². The van der Waals surface area contributed by atoms with Crippen molar-refractivity contribution >= 4 is 22.2 Å². The van der Waals surface area contributed by atoms with Crippen molar-refractivity contribution in [1.82, 2.24) is 4.31 Å². The normalized spacial score (nSPS) is 19.4. The molecule has 0 saturated carbocycles. The maximum atomic E-state index is 12.6. The molecular weight excluding hydrogens is 306 g/mol. The van der Waals surface area contributed by atoms with Crippen molar-refractivity contribution in [3.05, 3.63) is 65.7 Å². The molecule has 1 aliphatic heterocycles. The van der Waals surface area contributed by atoms with Crippen LogP contribution in [0.4, 0.5) is 0 Å². The number of sulfonamides is 1. The highest BCUT2D eigenvalue weighted by Crippen LogP contribution is 2.26. The van der Waals surface area contributed by atoms with Gasteiger partial charge in [0.1, 0.15) is 0 Å². The lowest BCUT2D eigenvalue weighted by Gasteiger charge is -2.20. The van der Waals surface area contributed by atoms with Crippen molar-refractivity contribution in [1.29, 1.82) is 0 Å². The molecule has 0 N–H and O–H groups in total. The van der Waals surface area contributed by atoms with Crippen LogP contribution in [0.25, 0.3) is 12.2 Å². The van der Waals surface area contributed by atoms with Crippen LogP contribution >= 0.6 is 0 Å². The number of rotatable bonds is 4. The fourth-order valence-corrected chi connectivity index (χ4v) is 4.61. The molecule has 1 saturated heterocycles. The van der Waals surface area contributed by atoms with Gasteiger partial charge in [-0.2, -0.15) is 4.31 Å². The predicted molar refractivity (Wildman–Crippen MR) is 94.4 cm³/mol. The molecule has 3 rings (SSSR count). The topological polar surface area (TPSA) is 37.4 Å². The summed E-state index contributed by atoms with van der Waals surface area (Å²) < 4.78 is 26.9. The van der Waals surface area contributed by atoms with Gasteiger partial charge in [0.05, 0.1) is 4.90 Å². The third-order valence-electron chi connectivity index (χ3n) is 4.25. The highest BCUT2D eigenvalue weighted by Gasteiger charge is 2.32. The minimum absolute atomic E-state index is 0.0950. The highest BCUT2D eigenvalue weighted by atomic mass is 32.2. The third kappa shape index (κ3) is 3.54. The highest BCUT2D eigenvalue weighted by molar-refractivity contribution is 7.89. The average Bonchev–Trinajstić information content (AvgIpc) is 3.01. The van der Waals surface area contributed by atoms with Gasteiger partial charge in [0, 0.05) is 12.6 Å². The lowest BCUT2D eigenvalue weighted by atomic mass is 10.1. The Morgan fingerprint density at radius 2 is 1.57 bits per heavy atom. The molecule has 2 aromatic carbocycles. The van der Waals surface area contributed by atoms with Crippen LogP contribution < -0.4 is 0 Å². The molecule has 0 aromatic heterocycles. The second kappa shape index (κ2) is 6.69. The number of nitrogens with zero attached hydrogens (tertiary/aromatic N) is 1. The van der Waals surface area contributed by atoms with Crippen LogP contribution in [0.2, 0.25) is 0 Å². The summed E-state index contributed by atoms with van der Waals surface area (Å²) in [5, 5.41) is 0. The van der Waals surface area contributed by atoms with Gasteiger partial charge in [-0.1, -0.05) is 54.6 Å². The van der Waals surface area contributed by atoms with Crippen LogP contribution in [-0.2, 0) is 10.0 Å². The van der Waals surface area contributed by atoms with E-state index in [4.69, 9.17) is 0 Å². The van der Waals surface area contributed by atoms with E-state index in [0.29, 0.717) is 11.4 Å². The van der Waals surface area contributed by atoms with Gasteiger partial charge in [0.2, 0.25) is 10.0 Å². The fourth-order valence-electron chi connectivity index (χ4n) is 2.91. The minimum atomic E-state index is -3.36. The standard InChI is InChI=1S/C19H21NO2S/c1-16-6-5-15-20(16)23(21,22)19-13-11-18(12-14-19)10-9-17-7-3-2-4-8-17/h2-4,7-14,16H,5-6,15H2,1H3/t16-/m1/s1. The predicted octanol–water partition coefficient (Wildman–Crippen LogP) is 4.03. The average molecular weight is 327 g/mol. The lowest BCUT2D eigenvalue weighted by molar-refractivity contribution is 0.408. The van der Waals surface area contributed by atoms with Gasteiger partial charge in [0.15, 0.2) is 0 Å². The summed E-state index contributed by atoms with van der Waals surface area (Å²) in [7, 11) is -3.36. The van der Waals surface area contributed by atoms with Gasteiger partial charge in [-0.3, -0.25) is 0 Å². The van der Waals surface area contributed by atoms with E-state index in [-0.39, 0.29) is 6.04 Å². The maximum absolute atomic E-state index is 12.6. The van der Waals surface area contributed by atoms with Gasteiger partial charge in [-0.25, -0.2) is 8.42 Å². The lowest BCUT2D eigenvalue weighted by Crippen LogP contribution is -2.33. The first kappa shape index (κ1) is 16.0. The van der Waals surface area contributed by atoms with E-state index in [1.807, 2.05) is 61.5 Å². The monoisotopic (exact) mass is 327 g/mol. The Morgan fingerprint density at radius 1 is 0.957 bits per heavy atom. The Morgan fingerprint density at radius 3 is 2.13 bits per heavy atom. The second-order valence-corrected chi connectivity index (χ2v) is 7.81. The molecule has 4 heteroatoms. The van der Waals surface area contributed by atoms with Crippen LogP contribution in [0.1, 0.15) is 30.9 Å². The Hall–Kier alpha value is -1.91. The minimum Gasteiger partial charge on any atom is -0.207 e. The Balaban J connectivity index is 1.78. The molecule has 1 heterocycles. The Kier molecular flexibility index (Phi) is 4.64. The van der Waals surface area contributed by atoms with Crippen molar-refractivity contribution in [2.45, 2.75) is 30.7 Å². The van der Waals surface area contributed by atoms with E-state index in [1.54, 1.807) is 16.4 Å². The molecule has 0 radical (unpaired) electrons. The van der Waals surface area contributed by atoms with E-state index < -0.39 is 10.0 Å². The van der Waals surface area contributed by atoms with Crippen molar-refractivity contribution in [3.63, 3.8) is 0 Å². The van der Waals surface area contributed by atoms with Crippen molar-refractivity contribution < 1.29 is 8.42 Å². The Labute approximate surface area is 138 Å². The summed E-state index contributed by atoms with van der Waals surface area (Å²) in [6.45, 7) is 2.60. The first-order chi connectivity index (χ1) is 11.1. The van der Waals surface area contributed by atoms with E-state index in [9.17, 15) is 8.42 Å². The molecule has 0 bridgehead atoms. The van der Waals surface area contributed by atoms with Crippen LogP contribution in [0.3, 0.4) is 0 Å². The number of hydrogen-bond donors (Lipinski definition) is 0. The zero-order valence-corrected chi connectivity index (χ0v) is 14.0. The van der Waals surface area contributed by atoms with Crippen LogP contribution in [0.5, 0.6) is 0 Å². The van der Waals surface area contributed by atoms with Gasteiger partial charge in [0.25, 0.3) is 0 Å². The smallest absolute Gasteiger partial charge is 0.207 e. The summed E-state index contributed by atoms with van der Waals surface area (Å²) in [4.78, 5) is 0.378. The zero-order valence-electron chi connectivity index (χ0n) is 13.2. The molecule has 0 unspecified atom stereocenters. The quantitative estimate of drug-likeness (QED) is 0.795. The van der Waals surface area contributed by atoms with Gasteiger partial charge >= 0.3 is 0 Å². The Bertz CT molecular complexity index is 780. The third-order valence-corrected chi connectivity index (χ3v) is 6.27. The molecule has 3 nitrogen and oxygen atoms in total. The molecule has 120 valence electrons. The van der Waals surface area contributed by atoms with E-state index in [2.05, 4.69) is 0 Å². The summed E-state index contributed by atoms with van der Waals surface area (Å²) in [6.07, 6.45) is 5.89. The maximum Gasteiger partial charge on any atom is 0.243 e. The van der Waals surface area contributed by atoms with Crippen LogP contribution in [-0.4, -0.2) is 25.3 Å². The van der Waals surface area contributed by atoms with Crippen molar-refractivity contribution in [2.75, 3.05) is 6.54 Å². The summed E-state index contributed by atoms with van der Waals surface area (Å²) in [6, 6.07) is 17.2. The SMILES string of the molecule is C[C@@H]1CCCN1S(=O)(=O)c1ccc(C=Cc2ccccc2)cc1. The molecule has 2 aromatic rings. The molecule has 0 aliphatic carbocycles. The number of hydrogen-bond acceptors (Lipinski definition) is 2. The molecule has 23 heavy (non-hydrogen) atoms. The largest absolute Gasteiger partial charge is 0.243 e. The molecular formula is C19H21NO2S. The fraction of sp³-hybridized carbons (Fsp3) is 0.263. The summed E-state index contributed by atoms with van der Waals surface area (Å²) >= 11 is 0. The van der Waals surface area contributed by atoms with Crippen molar-refractivity contribution in [3.8, 4) is 0 Å². The first-order valence-corrected chi connectivity index (χ1v) is 9.36. The number of benzene rings is 2. The molecule has 0 amide bonds. The van der Waals surface area contributed by atoms with Gasteiger partial charge < -0.3 is 0 Å². The summed E-state index contributed by atoms with van der Waals surface area (Å²) in [5.74, 6) is 0. The first-order valence-electron chi connectivity index (χ1n) is 7.92. The van der Waals surface area contributed by atoms with Crippen molar-refractivity contribution in [2.24, 2.45) is 0 Å². The molecule has 1 fully saturated rings. The molecule has 1 aliphatic rings. The van der Waals surface area contributed by atoms with Gasteiger partial charge in [-0.15, -0.1) is 0 Å². The van der Waals surface area contributed by atoms with Crippen LogP contribution in [0, 0.1) is 0 Å².